The van der Waals surface area contributed by atoms with E-state index in [4.69, 9.17) is 4.74 Å². The van der Waals surface area contributed by atoms with Gasteiger partial charge in [-0.25, -0.2) is 8.42 Å². The summed E-state index contributed by atoms with van der Waals surface area (Å²) < 4.78 is 35.7. The third-order valence-electron chi connectivity index (χ3n) is 4.46. The number of anilines is 1. The minimum atomic E-state index is -3.76. The van der Waals surface area contributed by atoms with Crippen LogP contribution in [0.15, 0.2) is 96.0 Å². The van der Waals surface area contributed by atoms with Gasteiger partial charge in [-0.2, -0.15) is 5.10 Å². The van der Waals surface area contributed by atoms with E-state index in [0.29, 0.717) is 29.4 Å². The van der Waals surface area contributed by atoms with Crippen molar-refractivity contribution in [1.82, 2.24) is 9.78 Å². The molecule has 0 atom stereocenters. The molecule has 0 spiro atoms. The Morgan fingerprint density at radius 2 is 1.47 bits per heavy atom. The Morgan fingerprint density at radius 1 is 0.867 bits per heavy atom. The Labute approximate surface area is 175 Å². The van der Waals surface area contributed by atoms with Crippen molar-refractivity contribution in [1.29, 1.82) is 0 Å². The van der Waals surface area contributed by atoms with Gasteiger partial charge in [-0.3, -0.25) is 9.40 Å². The molecule has 1 heterocycles. The summed E-state index contributed by atoms with van der Waals surface area (Å²) in [7, 11) is -3.76. The van der Waals surface area contributed by atoms with Gasteiger partial charge >= 0.3 is 0 Å². The zero-order valence-electron chi connectivity index (χ0n) is 16.4. The van der Waals surface area contributed by atoms with Crippen LogP contribution in [0, 0.1) is 6.92 Å². The zero-order valence-corrected chi connectivity index (χ0v) is 17.2. The molecule has 4 rings (SSSR count). The Balaban J connectivity index is 1.47. The van der Waals surface area contributed by atoms with E-state index in [1.807, 2.05) is 60.7 Å². The summed E-state index contributed by atoms with van der Waals surface area (Å²) in [4.78, 5) is 0.156. The van der Waals surface area contributed by atoms with E-state index < -0.39 is 10.0 Å². The van der Waals surface area contributed by atoms with Gasteiger partial charge < -0.3 is 4.74 Å². The predicted molar refractivity (Wildman–Crippen MR) is 116 cm³/mol. The molecule has 0 bridgehead atoms. The number of rotatable bonds is 7. The maximum absolute atomic E-state index is 12.9. The number of sulfonamides is 1. The molecule has 0 aliphatic rings. The number of nitrogens with one attached hydrogen (secondary N) is 1. The van der Waals surface area contributed by atoms with Gasteiger partial charge in [0.2, 0.25) is 0 Å². The van der Waals surface area contributed by atoms with Crippen LogP contribution in [0.5, 0.6) is 11.5 Å². The molecule has 0 fully saturated rings. The van der Waals surface area contributed by atoms with Crippen molar-refractivity contribution < 1.29 is 13.2 Å². The maximum atomic E-state index is 12.9. The molecule has 7 heteroatoms. The molecule has 1 N–H and O–H groups in total. The average molecular weight is 420 g/mol. The predicted octanol–water partition coefficient (Wildman–Crippen LogP) is 4.83. The number of hydrogen-bond donors (Lipinski definition) is 1. The van der Waals surface area contributed by atoms with E-state index in [-0.39, 0.29) is 4.90 Å². The van der Waals surface area contributed by atoms with E-state index in [1.54, 1.807) is 42.1 Å². The van der Waals surface area contributed by atoms with Crippen LogP contribution >= 0.6 is 0 Å². The topological polar surface area (TPSA) is 73.2 Å². The minimum absolute atomic E-state index is 0.156. The molecule has 0 aliphatic heterocycles. The lowest BCUT2D eigenvalue weighted by Crippen LogP contribution is -2.13. The van der Waals surface area contributed by atoms with Gasteiger partial charge in [0, 0.05) is 11.9 Å². The fourth-order valence-electron chi connectivity index (χ4n) is 3.04. The molecule has 0 radical (unpaired) electrons. The SMILES string of the molecule is Cc1nn(Cc2ccccc2)cc1S(=O)(=O)Nc1ccc(Oc2ccccc2)cc1. The molecule has 0 saturated heterocycles. The second kappa shape index (κ2) is 8.42. The van der Waals surface area contributed by atoms with Crippen LogP contribution in [0.2, 0.25) is 0 Å². The summed E-state index contributed by atoms with van der Waals surface area (Å²) >= 11 is 0. The molecule has 0 unspecified atom stereocenters. The highest BCUT2D eigenvalue weighted by atomic mass is 32.2. The summed E-state index contributed by atoms with van der Waals surface area (Å²) in [6, 6.07) is 25.9. The fourth-order valence-corrected chi connectivity index (χ4v) is 4.29. The first-order valence-corrected chi connectivity index (χ1v) is 10.9. The molecular weight excluding hydrogens is 398 g/mol. The van der Waals surface area contributed by atoms with Crippen molar-refractivity contribution in [3.63, 3.8) is 0 Å². The molecule has 6 nitrogen and oxygen atoms in total. The third kappa shape index (κ3) is 4.69. The lowest BCUT2D eigenvalue weighted by molar-refractivity contribution is 0.483. The van der Waals surface area contributed by atoms with E-state index >= 15 is 0 Å². The van der Waals surface area contributed by atoms with Gasteiger partial charge in [0.15, 0.2) is 0 Å². The van der Waals surface area contributed by atoms with Crippen molar-refractivity contribution in [2.75, 3.05) is 4.72 Å². The average Bonchev–Trinajstić information content (AvgIpc) is 3.12. The number of para-hydroxylation sites is 1. The van der Waals surface area contributed by atoms with Crippen molar-refractivity contribution in [2.45, 2.75) is 18.4 Å². The normalized spacial score (nSPS) is 11.2. The smallest absolute Gasteiger partial charge is 0.265 e. The van der Waals surface area contributed by atoms with Crippen LogP contribution in [0.3, 0.4) is 0 Å². The Hall–Kier alpha value is -3.58. The molecule has 0 amide bonds. The summed E-state index contributed by atoms with van der Waals surface area (Å²) in [5, 5.41) is 4.35. The standard InChI is InChI=1S/C23H21N3O3S/c1-18-23(17-26(24-18)16-19-8-4-2-5-9-19)30(27,28)25-20-12-14-22(15-13-20)29-21-10-6-3-7-11-21/h2-15,17,25H,16H2,1H3. The van der Waals surface area contributed by atoms with Crippen LogP contribution in [-0.2, 0) is 16.6 Å². The number of hydrogen-bond acceptors (Lipinski definition) is 4. The Kier molecular flexibility index (Phi) is 5.54. The van der Waals surface area contributed by atoms with E-state index in [0.717, 1.165) is 5.56 Å². The van der Waals surface area contributed by atoms with Crippen molar-refractivity contribution in [3.8, 4) is 11.5 Å². The van der Waals surface area contributed by atoms with Crippen molar-refractivity contribution in [3.05, 3.63) is 102 Å². The Morgan fingerprint density at radius 3 is 2.13 bits per heavy atom. The highest BCUT2D eigenvalue weighted by Crippen LogP contribution is 2.24. The van der Waals surface area contributed by atoms with Crippen LogP contribution in [0.25, 0.3) is 0 Å². The van der Waals surface area contributed by atoms with Crippen LogP contribution in [0.4, 0.5) is 5.69 Å². The molecule has 0 saturated carbocycles. The summed E-state index contributed by atoms with van der Waals surface area (Å²) in [6.45, 7) is 2.19. The highest BCUT2D eigenvalue weighted by molar-refractivity contribution is 7.92. The number of aromatic nitrogens is 2. The van der Waals surface area contributed by atoms with E-state index in [2.05, 4.69) is 9.82 Å². The van der Waals surface area contributed by atoms with E-state index in [1.165, 1.54) is 0 Å². The lowest BCUT2D eigenvalue weighted by Gasteiger charge is -2.09. The zero-order chi connectivity index (χ0) is 21.0. The number of ether oxygens (including phenoxy) is 1. The molecule has 4 aromatic rings. The highest BCUT2D eigenvalue weighted by Gasteiger charge is 2.20. The number of benzene rings is 3. The van der Waals surface area contributed by atoms with Gasteiger partial charge in [-0.05, 0) is 48.9 Å². The van der Waals surface area contributed by atoms with Gasteiger partial charge in [0.1, 0.15) is 16.4 Å². The second-order valence-electron chi connectivity index (χ2n) is 6.81. The van der Waals surface area contributed by atoms with Crippen LogP contribution < -0.4 is 9.46 Å². The maximum Gasteiger partial charge on any atom is 0.265 e. The molecule has 1 aromatic heterocycles. The van der Waals surface area contributed by atoms with Crippen molar-refractivity contribution >= 4 is 15.7 Å². The first-order valence-electron chi connectivity index (χ1n) is 9.43. The first kappa shape index (κ1) is 19.7. The molecule has 3 aromatic carbocycles. The quantitative estimate of drug-likeness (QED) is 0.466. The van der Waals surface area contributed by atoms with Gasteiger partial charge in [-0.15, -0.1) is 0 Å². The van der Waals surface area contributed by atoms with Crippen molar-refractivity contribution in [2.24, 2.45) is 0 Å². The second-order valence-corrected chi connectivity index (χ2v) is 8.46. The summed E-state index contributed by atoms with van der Waals surface area (Å²) in [5.41, 5.74) is 1.94. The minimum Gasteiger partial charge on any atom is -0.457 e. The van der Waals surface area contributed by atoms with Gasteiger partial charge in [0.25, 0.3) is 10.0 Å². The fraction of sp³-hybridized carbons (Fsp3) is 0.0870. The monoisotopic (exact) mass is 419 g/mol. The lowest BCUT2D eigenvalue weighted by atomic mass is 10.2. The largest absolute Gasteiger partial charge is 0.457 e. The molecular formula is C23H21N3O3S. The van der Waals surface area contributed by atoms with E-state index in [9.17, 15) is 8.42 Å². The summed E-state index contributed by atoms with van der Waals surface area (Å²) in [6.07, 6.45) is 1.55. The molecule has 152 valence electrons. The van der Waals surface area contributed by atoms with Crippen LogP contribution in [0.1, 0.15) is 11.3 Å². The third-order valence-corrected chi connectivity index (χ3v) is 5.95. The van der Waals surface area contributed by atoms with Gasteiger partial charge in [-0.1, -0.05) is 48.5 Å². The Bertz CT molecular complexity index is 1220. The molecule has 0 aliphatic carbocycles. The molecule has 30 heavy (non-hydrogen) atoms. The summed E-state index contributed by atoms with van der Waals surface area (Å²) in [5.74, 6) is 1.34. The number of aryl methyl sites for hydroxylation is 1. The van der Waals surface area contributed by atoms with Gasteiger partial charge in [0.05, 0.1) is 12.2 Å². The van der Waals surface area contributed by atoms with Crippen LogP contribution in [-0.4, -0.2) is 18.2 Å². The number of nitrogens with zero attached hydrogens (tertiary/aromatic N) is 2. The first-order chi connectivity index (χ1) is 14.5.